The number of hydrogen-bond donors (Lipinski definition) is 0. The summed E-state index contributed by atoms with van der Waals surface area (Å²) >= 11 is 1.69. The number of esters is 1. The van der Waals surface area contributed by atoms with Gasteiger partial charge in [0.1, 0.15) is 0 Å². The number of carbonyl (C=O) groups is 2. The van der Waals surface area contributed by atoms with Crippen molar-refractivity contribution in [2.75, 3.05) is 6.54 Å². The third-order valence-corrected chi connectivity index (χ3v) is 6.62. The van der Waals surface area contributed by atoms with Crippen molar-refractivity contribution in [1.82, 2.24) is 9.47 Å². The van der Waals surface area contributed by atoms with E-state index in [4.69, 9.17) is 4.74 Å². The molecule has 0 unspecified atom stereocenters. The van der Waals surface area contributed by atoms with Gasteiger partial charge in [0, 0.05) is 29.4 Å². The molecule has 5 nitrogen and oxygen atoms in total. The van der Waals surface area contributed by atoms with E-state index >= 15 is 0 Å². The first kappa shape index (κ1) is 20.4. The van der Waals surface area contributed by atoms with Crippen molar-refractivity contribution in [3.8, 4) is 0 Å². The van der Waals surface area contributed by atoms with Crippen LogP contribution in [0.2, 0.25) is 0 Å². The number of thiophene rings is 1. The summed E-state index contributed by atoms with van der Waals surface area (Å²) in [5.74, 6) is -0.593. The van der Waals surface area contributed by atoms with Crippen LogP contribution >= 0.6 is 11.3 Å². The number of aryl methyl sites for hydroxylation is 1. The number of benzene rings is 1. The van der Waals surface area contributed by atoms with E-state index in [-0.39, 0.29) is 5.91 Å². The maximum Gasteiger partial charge on any atom is 0.340 e. The smallest absolute Gasteiger partial charge is 0.340 e. The average Bonchev–Trinajstić information content (AvgIpc) is 3.36. The van der Waals surface area contributed by atoms with Crippen LogP contribution in [0.25, 0.3) is 0 Å². The number of nitrogens with zero attached hydrogens (tertiary/aromatic N) is 2. The van der Waals surface area contributed by atoms with Crippen LogP contribution in [0.3, 0.4) is 0 Å². The summed E-state index contributed by atoms with van der Waals surface area (Å²) in [6.45, 7) is 7.50. The van der Waals surface area contributed by atoms with E-state index in [1.165, 1.54) is 10.4 Å². The minimum atomic E-state index is -0.817. The Morgan fingerprint density at radius 3 is 2.63 bits per heavy atom. The summed E-state index contributed by atoms with van der Waals surface area (Å²) in [5, 5.41) is 2.05. The zero-order valence-corrected chi connectivity index (χ0v) is 18.4. The molecule has 0 aliphatic carbocycles. The lowest BCUT2D eigenvalue weighted by Gasteiger charge is -2.30. The highest BCUT2D eigenvalue weighted by Crippen LogP contribution is 2.22. The lowest BCUT2D eigenvalue weighted by atomic mass is 9.99. The van der Waals surface area contributed by atoms with Crippen molar-refractivity contribution in [3.63, 3.8) is 0 Å². The zero-order valence-electron chi connectivity index (χ0n) is 17.6. The van der Waals surface area contributed by atoms with Gasteiger partial charge < -0.3 is 14.2 Å². The van der Waals surface area contributed by atoms with Crippen molar-refractivity contribution in [1.29, 1.82) is 0 Å². The Kier molecular flexibility index (Phi) is 5.77. The van der Waals surface area contributed by atoms with Gasteiger partial charge in [-0.2, -0.15) is 0 Å². The molecular weight excluding hydrogens is 396 g/mol. The van der Waals surface area contributed by atoms with Gasteiger partial charge in [-0.15, -0.1) is 11.3 Å². The Morgan fingerprint density at radius 1 is 1.13 bits per heavy atom. The summed E-state index contributed by atoms with van der Waals surface area (Å²) in [6.07, 6.45) is 0.00929. The molecule has 0 saturated heterocycles. The highest BCUT2D eigenvalue weighted by Gasteiger charge is 2.28. The Bertz CT molecular complexity index is 1070. The molecule has 0 N–H and O–H groups in total. The van der Waals surface area contributed by atoms with Gasteiger partial charge in [-0.3, -0.25) is 4.79 Å². The van der Waals surface area contributed by atoms with Crippen LogP contribution in [-0.4, -0.2) is 34.0 Å². The van der Waals surface area contributed by atoms with Crippen molar-refractivity contribution >= 4 is 23.2 Å². The molecule has 6 heteroatoms. The van der Waals surface area contributed by atoms with Gasteiger partial charge in [0.2, 0.25) is 0 Å². The van der Waals surface area contributed by atoms with Gasteiger partial charge in [0.15, 0.2) is 6.10 Å². The van der Waals surface area contributed by atoms with Crippen LogP contribution in [0, 0.1) is 13.8 Å². The highest BCUT2D eigenvalue weighted by atomic mass is 32.1. The molecule has 0 radical (unpaired) electrons. The molecule has 0 fully saturated rings. The van der Waals surface area contributed by atoms with E-state index in [9.17, 15) is 9.59 Å². The predicted molar refractivity (Wildman–Crippen MR) is 118 cm³/mol. The summed E-state index contributed by atoms with van der Waals surface area (Å²) in [6, 6.07) is 14.1. The number of aromatic nitrogens is 1. The molecule has 0 bridgehead atoms. The number of rotatable bonds is 5. The van der Waals surface area contributed by atoms with E-state index in [1.807, 2.05) is 49.6 Å². The molecule has 0 saturated carbocycles. The van der Waals surface area contributed by atoms with Crippen LogP contribution in [0.4, 0.5) is 0 Å². The lowest BCUT2D eigenvalue weighted by Crippen LogP contribution is -2.42. The van der Waals surface area contributed by atoms with Crippen LogP contribution in [0.5, 0.6) is 0 Å². The molecule has 1 aromatic carbocycles. The summed E-state index contributed by atoms with van der Waals surface area (Å²) in [4.78, 5) is 28.7. The summed E-state index contributed by atoms with van der Waals surface area (Å²) in [7, 11) is 0. The van der Waals surface area contributed by atoms with Gasteiger partial charge in [0.05, 0.1) is 12.1 Å². The first-order valence-electron chi connectivity index (χ1n) is 10.2. The lowest BCUT2D eigenvalue weighted by molar-refractivity contribution is -0.140. The Hall–Kier alpha value is -2.86. The third-order valence-electron chi connectivity index (χ3n) is 5.76. The van der Waals surface area contributed by atoms with Crippen molar-refractivity contribution in [2.24, 2.45) is 0 Å². The SMILES string of the molecule is Cc1cc(C(=O)O[C@@H](C)C(=O)N2CCc3ccccc3C2)c(C)n1Cc1cccs1. The molecule has 3 aromatic rings. The van der Waals surface area contributed by atoms with Gasteiger partial charge in [-0.1, -0.05) is 30.3 Å². The first-order chi connectivity index (χ1) is 14.4. The van der Waals surface area contributed by atoms with Crippen molar-refractivity contribution in [3.05, 3.63) is 80.8 Å². The molecule has 4 rings (SSSR count). The van der Waals surface area contributed by atoms with Crippen LogP contribution < -0.4 is 0 Å². The van der Waals surface area contributed by atoms with Crippen LogP contribution in [0.1, 0.15) is 44.7 Å². The van der Waals surface area contributed by atoms with E-state index in [0.717, 1.165) is 29.9 Å². The largest absolute Gasteiger partial charge is 0.449 e. The molecule has 1 atom stereocenters. The highest BCUT2D eigenvalue weighted by molar-refractivity contribution is 7.09. The van der Waals surface area contributed by atoms with E-state index in [1.54, 1.807) is 23.2 Å². The molecule has 2 aromatic heterocycles. The minimum absolute atomic E-state index is 0.148. The predicted octanol–water partition coefficient (Wildman–Crippen LogP) is 4.34. The molecule has 156 valence electrons. The van der Waals surface area contributed by atoms with Gasteiger partial charge in [-0.05, 0) is 55.8 Å². The topological polar surface area (TPSA) is 51.5 Å². The fraction of sp³-hybridized carbons (Fsp3) is 0.333. The maximum atomic E-state index is 12.9. The second kappa shape index (κ2) is 8.48. The Labute approximate surface area is 180 Å². The second-order valence-electron chi connectivity index (χ2n) is 7.78. The molecular formula is C24H26N2O3S. The molecule has 0 spiro atoms. The fourth-order valence-corrected chi connectivity index (χ4v) is 4.72. The maximum absolute atomic E-state index is 12.9. The monoisotopic (exact) mass is 422 g/mol. The van der Waals surface area contributed by atoms with Crippen LogP contribution in [-0.2, 0) is 29.0 Å². The molecule has 1 amide bonds. The molecule has 1 aliphatic rings. The number of hydrogen-bond acceptors (Lipinski definition) is 4. The minimum Gasteiger partial charge on any atom is -0.449 e. The van der Waals surface area contributed by atoms with Gasteiger partial charge in [-0.25, -0.2) is 4.79 Å². The number of amides is 1. The summed E-state index contributed by atoms with van der Waals surface area (Å²) in [5.41, 5.74) is 4.82. The Balaban J connectivity index is 1.43. The van der Waals surface area contributed by atoms with E-state index < -0.39 is 12.1 Å². The van der Waals surface area contributed by atoms with Crippen LogP contribution in [0.15, 0.2) is 47.8 Å². The second-order valence-corrected chi connectivity index (χ2v) is 8.81. The summed E-state index contributed by atoms with van der Waals surface area (Å²) < 4.78 is 7.69. The average molecular weight is 423 g/mol. The fourth-order valence-electron chi connectivity index (χ4n) is 4.02. The first-order valence-corrected chi connectivity index (χ1v) is 11.1. The zero-order chi connectivity index (χ0) is 21.3. The quantitative estimate of drug-likeness (QED) is 0.575. The normalized spacial score (nSPS) is 14.3. The number of carbonyl (C=O) groups excluding carboxylic acids is 2. The van der Waals surface area contributed by atoms with Gasteiger partial charge >= 0.3 is 5.97 Å². The number of ether oxygens (including phenoxy) is 1. The molecule has 3 heterocycles. The van der Waals surface area contributed by atoms with E-state index in [2.05, 4.69) is 16.7 Å². The van der Waals surface area contributed by atoms with Crippen molar-refractivity contribution < 1.29 is 14.3 Å². The van der Waals surface area contributed by atoms with Gasteiger partial charge in [0.25, 0.3) is 5.91 Å². The number of fused-ring (bicyclic) bond motifs is 1. The van der Waals surface area contributed by atoms with Crippen molar-refractivity contribution in [2.45, 2.75) is 46.4 Å². The Morgan fingerprint density at radius 2 is 1.90 bits per heavy atom. The van der Waals surface area contributed by atoms with E-state index in [0.29, 0.717) is 18.7 Å². The standard InChI is InChI=1S/C24H26N2O3S/c1-16-13-22(17(2)26(16)15-21-9-6-12-30-21)24(28)29-18(3)23(27)25-11-10-19-7-4-5-8-20(19)14-25/h4-9,12-13,18H,10-11,14-15H2,1-3H3/t18-/m0/s1. The molecule has 1 aliphatic heterocycles. The molecule has 30 heavy (non-hydrogen) atoms. The third kappa shape index (κ3) is 4.05.